The Kier molecular flexibility index (Phi) is 7.04. The van der Waals surface area contributed by atoms with Crippen LogP contribution in [0.2, 0.25) is 5.02 Å². The molecule has 2 heterocycles. The number of halogens is 1. The standard InChI is InChI=1S/C23H26ClN3O5S/c1-16-5-6-18(14-20(16)24)25-22(28)15-27-21-8-7-19(13-17(21)3-2-4-23(27)29)33(30,31)26-9-11-32-12-10-26/h5-8,13-14H,2-4,9-12,15H2,1H3,(H,25,28). The second kappa shape index (κ2) is 9.80. The number of benzene rings is 2. The van der Waals surface area contributed by atoms with Gasteiger partial charge in [-0.3, -0.25) is 9.59 Å². The van der Waals surface area contributed by atoms with Gasteiger partial charge in [-0.05, 0) is 61.2 Å². The molecule has 2 amide bonds. The molecular formula is C23H26ClN3O5S. The van der Waals surface area contributed by atoms with Gasteiger partial charge in [0.05, 0.1) is 18.1 Å². The molecule has 176 valence electrons. The maximum Gasteiger partial charge on any atom is 0.244 e. The van der Waals surface area contributed by atoms with Gasteiger partial charge in [-0.2, -0.15) is 4.31 Å². The summed E-state index contributed by atoms with van der Waals surface area (Å²) in [6.07, 6.45) is 1.42. The van der Waals surface area contributed by atoms with Crippen LogP contribution in [0.4, 0.5) is 11.4 Å². The summed E-state index contributed by atoms with van der Waals surface area (Å²) in [4.78, 5) is 27.1. The molecule has 2 aliphatic heterocycles. The van der Waals surface area contributed by atoms with Gasteiger partial charge in [0.15, 0.2) is 0 Å². The zero-order chi connectivity index (χ0) is 23.6. The molecule has 2 aromatic rings. The van der Waals surface area contributed by atoms with Crippen LogP contribution >= 0.6 is 11.6 Å². The molecule has 0 radical (unpaired) electrons. The summed E-state index contributed by atoms with van der Waals surface area (Å²) in [5.41, 5.74) is 2.75. The van der Waals surface area contributed by atoms with E-state index in [4.69, 9.17) is 16.3 Å². The van der Waals surface area contributed by atoms with Crippen molar-refractivity contribution < 1.29 is 22.7 Å². The fraction of sp³-hybridized carbons (Fsp3) is 0.391. The van der Waals surface area contributed by atoms with E-state index in [-0.39, 0.29) is 29.7 Å². The first-order valence-corrected chi connectivity index (χ1v) is 12.6. The van der Waals surface area contributed by atoms with Gasteiger partial charge in [0.2, 0.25) is 21.8 Å². The monoisotopic (exact) mass is 491 g/mol. The number of hydrogen-bond donors (Lipinski definition) is 1. The molecule has 0 unspecified atom stereocenters. The van der Waals surface area contributed by atoms with Crippen molar-refractivity contribution in [1.82, 2.24) is 4.31 Å². The zero-order valence-electron chi connectivity index (χ0n) is 18.3. The van der Waals surface area contributed by atoms with Crippen LogP contribution in [0.3, 0.4) is 0 Å². The molecule has 1 saturated heterocycles. The Morgan fingerprint density at radius 3 is 2.61 bits per heavy atom. The lowest BCUT2D eigenvalue weighted by Crippen LogP contribution is -2.40. The van der Waals surface area contributed by atoms with E-state index in [1.165, 1.54) is 15.3 Å². The highest BCUT2D eigenvalue weighted by molar-refractivity contribution is 7.89. The molecule has 10 heteroatoms. The number of carbonyl (C=O) groups excluding carboxylic acids is 2. The predicted molar refractivity (Wildman–Crippen MR) is 126 cm³/mol. The minimum atomic E-state index is -3.65. The number of sulfonamides is 1. The molecule has 2 aromatic carbocycles. The highest BCUT2D eigenvalue weighted by Gasteiger charge is 2.29. The van der Waals surface area contributed by atoms with E-state index in [0.29, 0.717) is 55.5 Å². The average molecular weight is 492 g/mol. The zero-order valence-corrected chi connectivity index (χ0v) is 19.9. The molecule has 0 spiro atoms. The minimum Gasteiger partial charge on any atom is -0.379 e. The summed E-state index contributed by atoms with van der Waals surface area (Å²) in [6, 6.07) is 9.98. The molecule has 0 bridgehead atoms. The van der Waals surface area contributed by atoms with E-state index in [1.807, 2.05) is 6.92 Å². The Hall–Kier alpha value is -2.46. The molecule has 0 atom stereocenters. The Balaban J connectivity index is 1.57. The molecule has 4 rings (SSSR count). The summed E-state index contributed by atoms with van der Waals surface area (Å²) in [6.45, 7) is 3.06. The van der Waals surface area contributed by atoms with E-state index in [2.05, 4.69) is 5.32 Å². The third-order valence-corrected chi connectivity index (χ3v) is 8.15. The van der Waals surface area contributed by atoms with Crippen LogP contribution in [0.5, 0.6) is 0 Å². The number of hydrogen-bond acceptors (Lipinski definition) is 5. The Morgan fingerprint density at radius 1 is 1.12 bits per heavy atom. The van der Waals surface area contributed by atoms with Crippen molar-refractivity contribution in [3.63, 3.8) is 0 Å². The maximum absolute atomic E-state index is 13.1. The number of nitrogens with one attached hydrogen (secondary N) is 1. The van der Waals surface area contributed by atoms with Gasteiger partial charge in [-0.1, -0.05) is 17.7 Å². The quantitative estimate of drug-likeness (QED) is 0.693. The lowest BCUT2D eigenvalue weighted by Gasteiger charge is -2.27. The Morgan fingerprint density at radius 2 is 1.88 bits per heavy atom. The number of carbonyl (C=O) groups is 2. The summed E-state index contributed by atoms with van der Waals surface area (Å²) in [5.74, 6) is -0.532. The molecule has 8 nitrogen and oxygen atoms in total. The number of aryl methyl sites for hydroxylation is 2. The smallest absolute Gasteiger partial charge is 0.244 e. The van der Waals surface area contributed by atoms with E-state index < -0.39 is 10.0 Å². The number of morpholine rings is 1. The lowest BCUT2D eigenvalue weighted by molar-refractivity contribution is -0.121. The van der Waals surface area contributed by atoms with Gasteiger partial charge < -0.3 is 15.0 Å². The largest absolute Gasteiger partial charge is 0.379 e. The molecule has 0 aromatic heterocycles. The van der Waals surface area contributed by atoms with E-state index in [9.17, 15) is 18.0 Å². The number of amides is 2. The van der Waals surface area contributed by atoms with Gasteiger partial charge in [0.1, 0.15) is 6.54 Å². The summed E-state index contributed by atoms with van der Waals surface area (Å²) >= 11 is 6.13. The minimum absolute atomic E-state index is 0.172. The third kappa shape index (κ3) is 5.22. The van der Waals surface area contributed by atoms with Crippen LogP contribution in [0.1, 0.15) is 24.0 Å². The Bertz CT molecular complexity index is 1180. The molecular weight excluding hydrogens is 466 g/mol. The van der Waals surface area contributed by atoms with Gasteiger partial charge in [0.25, 0.3) is 0 Å². The van der Waals surface area contributed by atoms with Crippen LogP contribution in [-0.4, -0.2) is 57.4 Å². The average Bonchev–Trinajstić information content (AvgIpc) is 2.95. The summed E-state index contributed by atoms with van der Waals surface area (Å²) < 4.78 is 32.8. The van der Waals surface area contributed by atoms with E-state index in [1.54, 1.807) is 30.3 Å². The van der Waals surface area contributed by atoms with Crippen molar-refractivity contribution in [1.29, 1.82) is 0 Å². The number of ether oxygens (including phenoxy) is 1. The molecule has 2 aliphatic rings. The van der Waals surface area contributed by atoms with Crippen molar-refractivity contribution in [2.24, 2.45) is 0 Å². The van der Waals surface area contributed by atoms with Crippen LogP contribution in [0.25, 0.3) is 0 Å². The highest BCUT2D eigenvalue weighted by atomic mass is 35.5. The Labute approximate surface area is 198 Å². The van der Waals surface area contributed by atoms with E-state index in [0.717, 1.165) is 11.1 Å². The lowest BCUT2D eigenvalue weighted by atomic mass is 10.1. The first-order chi connectivity index (χ1) is 15.8. The summed E-state index contributed by atoms with van der Waals surface area (Å²) in [7, 11) is -3.65. The topological polar surface area (TPSA) is 96.0 Å². The van der Waals surface area contributed by atoms with Crippen LogP contribution < -0.4 is 10.2 Å². The van der Waals surface area contributed by atoms with Crippen LogP contribution in [-0.2, 0) is 30.8 Å². The first-order valence-electron chi connectivity index (χ1n) is 10.8. The number of nitrogens with zero attached hydrogens (tertiary/aromatic N) is 2. The second-order valence-corrected chi connectivity index (χ2v) is 10.5. The van der Waals surface area contributed by atoms with Crippen molar-refractivity contribution in [3.8, 4) is 0 Å². The third-order valence-electron chi connectivity index (χ3n) is 5.84. The molecule has 1 N–H and O–H groups in total. The van der Waals surface area contributed by atoms with Gasteiger partial charge >= 0.3 is 0 Å². The van der Waals surface area contributed by atoms with Crippen molar-refractivity contribution in [3.05, 3.63) is 52.5 Å². The van der Waals surface area contributed by atoms with Crippen molar-refractivity contribution >= 4 is 44.8 Å². The fourth-order valence-electron chi connectivity index (χ4n) is 4.01. The SMILES string of the molecule is Cc1ccc(NC(=O)CN2C(=O)CCCc3cc(S(=O)(=O)N4CCOCC4)ccc32)cc1Cl. The van der Waals surface area contributed by atoms with Gasteiger partial charge in [0, 0.05) is 35.9 Å². The van der Waals surface area contributed by atoms with E-state index >= 15 is 0 Å². The molecule has 33 heavy (non-hydrogen) atoms. The fourth-order valence-corrected chi connectivity index (χ4v) is 5.65. The van der Waals surface area contributed by atoms with Crippen molar-refractivity contribution in [2.75, 3.05) is 43.1 Å². The predicted octanol–water partition coefficient (Wildman–Crippen LogP) is 2.98. The second-order valence-electron chi connectivity index (χ2n) is 8.15. The number of fused-ring (bicyclic) bond motifs is 1. The summed E-state index contributed by atoms with van der Waals surface area (Å²) in [5, 5.41) is 3.32. The highest BCUT2D eigenvalue weighted by Crippen LogP contribution is 2.31. The van der Waals surface area contributed by atoms with Crippen molar-refractivity contribution in [2.45, 2.75) is 31.1 Å². The molecule has 0 saturated carbocycles. The van der Waals surface area contributed by atoms with Crippen LogP contribution in [0.15, 0.2) is 41.3 Å². The number of anilines is 2. The molecule has 0 aliphatic carbocycles. The number of rotatable bonds is 5. The first kappa shape index (κ1) is 23.7. The van der Waals surface area contributed by atoms with Gasteiger partial charge in [-0.15, -0.1) is 0 Å². The normalized spacial score (nSPS) is 17.4. The molecule has 1 fully saturated rings. The van der Waals surface area contributed by atoms with Gasteiger partial charge in [-0.25, -0.2) is 8.42 Å². The van der Waals surface area contributed by atoms with Crippen LogP contribution in [0, 0.1) is 6.92 Å². The maximum atomic E-state index is 13.1.